The molecule has 1 aromatic heterocycles. The number of carbonyl (C=O) groups excluding carboxylic acids is 1. The Morgan fingerprint density at radius 2 is 1.93 bits per heavy atom. The van der Waals surface area contributed by atoms with Crippen molar-refractivity contribution in [3.05, 3.63) is 42.0 Å². The number of pyridine rings is 1. The van der Waals surface area contributed by atoms with Crippen LogP contribution in [0, 0.1) is 5.82 Å². The van der Waals surface area contributed by atoms with E-state index in [0.29, 0.717) is 6.07 Å². The molecule has 0 fully saturated rings. The van der Waals surface area contributed by atoms with Crippen LogP contribution in [-0.4, -0.2) is 16.9 Å². The Morgan fingerprint density at radius 1 is 1.33 bits per heavy atom. The number of alkyl halides is 3. The first-order valence-corrected chi connectivity index (χ1v) is 3.73. The highest BCUT2D eigenvalue weighted by Crippen LogP contribution is 2.26. The molecule has 0 spiro atoms. The van der Waals surface area contributed by atoms with E-state index in [1.165, 1.54) is 0 Å². The highest BCUT2D eigenvalue weighted by Gasteiger charge is 2.37. The average molecular weight is 219 g/mol. The van der Waals surface area contributed by atoms with Crippen molar-refractivity contribution in [1.29, 1.82) is 0 Å². The van der Waals surface area contributed by atoms with Gasteiger partial charge in [0.05, 0.1) is 11.8 Å². The maximum absolute atomic E-state index is 12.6. The van der Waals surface area contributed by atoms with Crippen LogP contribution in [0.4, 0.5) is 17.6 Å². The van der Waals surface area contributed by atoms with Gasteiger partial charge in [0.2, 0.25) is 0 Å². The predicted octanol–water partition coefficient (Wildman–Crippen LogP) is 2.52. The first kappa shape index (κ1) is 11.4. The summed E-state index contributed by atoms with van der Waals surface area (Å²) in [5.41, 5.74) is -2.02. The summed E-state index contributed by atoms with van der Waals surface area (Å²) in [6.45, 7) is 2.61. The van der Waals surface area contributed by atoms with Gasteiger partial charge in [0.1, 0.15) is 5.82 Å². The molecule has 2 nitrogen and oxygen atoms in total. The first-order valence-electron chi connectivity index (χ1n) is 3.73. The summed E-state index contributed by atoms with van der Waals surface area (Å²) in [6.07, 6.45) is -3.18. The molecule has 1 aromatic rings. The maximum Gasteiger partial charge on any atom is 0.419 e. The van der Waals surface area contributed by atoms with Gasteiger partial charge in [0.15, 0.2) is 5.78 Å². The quantitative estimate of drug-likeness (QED) is 0.434. The lowest BCUT2D eigenvalue weighted by molar-refractivity contribution is -0.0883. The molecule has 0 unspecified atom stereocenters. The monoisotopic (exact) mass is 219 g/mol. The molecule has 0 radical (unpaired) electrons. The number of aromatic nitrogens is 1. The van der Waals surface area contributed by atoms with Gasteiger partial charge >= 0.3 is 6.18 Å². The Balaban J connectivity index is 3.01. The number of halogens is 4. The molecule has 0 N–H and O–H groups in total. The van der Waals surface area contributed by atoms with Crippen LogP contribution in [-0.2, 0) is 0 Å². The number of rotatable bonds is 2. The predicted molar refractivity (Wildman–Crippen MR) is 43.7 cm³/mol. The molecule has 0 bridgehead atoms. The second-order valence-corrected chi connectivity index (χ2v) is 2.70. The molecule has 1 heterocycles. The van der Waals surface area contributed by atoms with Gasteiger partial charge in [-0.05, 0) is 6.07 Å². The number of hydrogen-bond acceptors (Lipinski definition) is 2. The molecular formula is C9H5F4NO. The van der Waals surface area contributed by atoms with Crippen molar-refractivity contribution in [3.63, 3.8) is 0 Å². The van der Waals surface area contributed by atoms with E-state index in [-0.39, 0.29) is 0 Å². The lowest BCUT2D eigenvalue weighted by Crippen LogP contribution is -2.19. The zero-order valence-corrected chi connectivity index (χ0v) is 7.31. The summed E-state index contributed by atoms with van der Waals surface area (Å²) in [5.74, 6) is -2.26. The van der Waals surface area contributed by atoms with Gasteiger partial charge in [0, 0.05) is 11.8 Å². The minimum Gasteiger partial charge on any atom is -0.289 e. The fourth-order valence-corrected chi connectivity index (χ4v) is 0.839. The molecule has 0 aliphatic carbocycles. The van der Waals surface area contributed by atoms with Crippen LogP contribution < -0.4 is 0 Å². The van der Waals surface area contributed by atoms with Gasteiger partial charge < -0.3 is 0 Å². The topological polar surface area (TPSA) is 30.0 Å². The summed E-state index contributed by atoms with van der Waals surface area (Å²) in [7, 11) is 0. The van der Waals surface area contributed by atoms with Gasteiger partial charge in [-0.25, -0.2) is 4.39 Å². The smallest absolute Gasteiger partial charge is 0.289 e. The standard InChI is InChI=1S/C9H5F4NO/c1-5(9(11,12)13)8(15)6-2-7(10)4-14-3-6/h2-4H,1H2. The normalized spacial score (nSPS) is 11.2. The molecule has 0 saturated carbocycles. The van der Waals surface area contributed by atoms with Crippen LogP contribution in [0.25, 0.3) is 0 Å². The first-order chi connectivity index (χ1) is 6.82. The highest BCUT2D eigenvalue weighted by atomic mass is 19.4. The molecule has 0 aliphatic heterocycles. The van der Waals surface area contributed by atoms with E-state index in [1.54, 1.807) is 0 Å². The maximum atomic E-state index is 12.6. The van der Waals surface area contributed by atoms with E-state index in [0.717, 1.165) is 12.4 Å². The number of hydrogen-bond donors (Lipinski definition) is 0. The van der Waals surface area contributed by atoms with Gasteiger partial charge in [-0.3, -0.25) is 9.78 Å². The average Bonchev–Trinajstić information content (AvgIpc) is 2.14. The zero-order valence-electron chi connectivity index (χ0n) is 7.31. The van der Waals surface area contributed by atoms with Crippen LogP contribution in [0.5, 0.6) is 0 Å². The second-order valence-electron chi connectivity index (χ2n) is 2.70. The number of allylic oxidation sites excluding steroid dienone is 1. The molecule has 80 valence electrons. The minimum atomic E-state index is -4.82. The lowest BCUT2D eigenvalue weighted by atomic mass is 10.1. The van der Waals surface area contributed by atoms with Gasteiger partial charge in [-0.15, -0.1) is 0 Å². The summed E-state index contributed by atoms with van der Waals surface area (Å²) < 4.78 is 48.7. The molecule has 0 atom stereocenters. The van der Waals surface area contributed by atoms with E-state index in [9.17, 15) is 22.4 Å². The largest absolute Gasteiger partial charge is 0.419 e. The summed E-state index contributed by atoms with van der Waals surface area (Å²) in [6, 6.07) is 0.673. The van der Waals surface area contributed by atoms with Crippen LogP contribution >= 0.6 is 0 Å². The molecule has 1 rings (SSSR count). The fourth-order valence-electron chi connectivity index (χ4n) is 0.839. The van der Waals surface area contributed by atoms with Crippen LogP contribution in [0.15, 0.2) is 30.6 Å². The van der Waals surface area contributed by atoms with Gasteiger partial charge in [-0.2, -0.15) is 13.2 Å². The van der Waals surface area contributed by atoms with Crippen molar-refractivity contribution in [1.82, 2.24) is 4.98 Å². The Kier molecular flexibility index (Phi) is 2.88. The third-order valence-corrected chi connectivity index (χ3v) is 1.58. The number of Topliss-reactive ketones (excluding diaryl/α,β-unsaturated/α-hetero) is 1. The van der Waals surface area contributed by atoms with Crippen LogP contribution in [0.1, 0.15) is 10.4 Å². The van der Waals surface area contributed by atoms with E-state index in [1.807, 2.05) is 0 Å². The van der Waals surface area contributed by atoms with Crippen molar-refractivity contribution >= 4 is 5.78 Å². The Morgan fingerprint density at radius 3 is 2.40 bits per heavy atom. The fraction of sp³-hybridized carbons (Fsp3) is 0.111. The molecule has 0 saturated heterocycles. The van der Waals surface area contributed by atoms with Crippen molar-refractivity contribution in [2.24, 2.45) is 0 Å². The minimum absolute atomic E-state index is 0.475. The highest BCUT2D eigenvalue weighted by molar-refractivity contribution is 6.08. The number of ketones is 1. The molecule has 6 heteroatoms. The summed E-state index contributed by atoms with van der Waals surface area (Å²) in [5, 5.41) is 0. The number of carbonyl (C=O) groups is 1. The van der Waals surface area contributed by atoms with Gasteiger partial charge in [-0.1, -0.05) is 6.58 Å². The van der Waals surface area contributed by atoms with E-state index in [2.05, 4.69) is 11.6 Å². The number of nitrogens with zero attached hydrogens (tertiary/aromatic N) is 1. The third kappa shape index (κ3) is 2.61. The van der Waals surface area contributed by atoms with E-state index < -0.39 is 28.9 Å². The molecule has 0 aromatic carbocycles. The molecule has 0 amide bonds. The zero-order chi connectivity index (χ0) is 11.6. The Hall–Kier alpha value is -1.72. The summed E-state index contributed by atoms with van der Waals surface area (Å²) in [4.78, 5) is 14.4. The van der Waals surface area contributed by atoms with Gasteiger partial charge in [0.25, 0.3) is 0 Å². The van der Waals surface area contributed by atoms with E-state index >= 15 is 0 Å². The van der Waals surface area contributed by atoms with Crippen LogP contribution in [0.2, 0.25) is 0 Å². The SMILES string of the molecule is C=C(C(=O)c1cncc(F)c1)C(F)(F)F. The Bertz CT molecular complexity index is 411. The lowest BCUT2D eigenvalue weighted by Gasteiger charge is -2.08. The summed E-state index contributed by atoms with van der Waals surface area (Å²) >= 11 is 0. The van der Waals surface area contributed by atoms with Crippen molar-refractivity contribution in [2.75, 3.05) is 0 Å². The van der Waals surface area contributed by atoms with Crippen molar-refractivity contribution in [3.8, 4) is 0 Å². The molecular weight excluding hydrogens is 214 g/mol. The van der Waals surface area contributed by atoms with Crippen molar-refractivity contribution < 1.29 is 22.4 Å². The molecule has 0 aliphatic rings. The van der Waals surface area contributed by atoms with E-state index in [4.69, 9.17) is 0 Å². The third-order valence-electron chi connectivity index (χ3n) is 1.58. The second kappa shape index (κ2) is 3.80. The van der Waals surface area contributed by atoms with Crippen molar-refractivity contribution in [2.45, 2.75) is 6.18 Å². The molecule has 15 heavy (non-hydrogen) atoms. The van der Waals surface area contributed by atoms with Crippen LogP contribution in [0.3, 0.4) is 0 Å². The Labute approximate surface area is 82.2 Å².